The van der Waals surface area contributed by atoms with Crippen molar-refractivity contribution in [2.24, 2.45) is 0 Å². The molecule has 2 rings (SSSR count). The molecule has 0 bridgehead atoms. The smallest absolute Gasteiger partial charge is 0.176 e. The summed E-state index contributed by atoms with van der Waals surface area (Å²) >= 11 is 1.63. The number of aliphatic hydroxyl groups is 1. The van der Waals surface area contributed by atoms with Crippen molar-refractivity contribution < 1.29 is 14.3 Å². The minimum absolute atomic E-state index is 0.0236. The zero-order chi connectivity index (χ0) is 15.5. The largest absolute Gasteiger partial charge is 0.493 e. The Morgan fingerprint density at radius 3 is 2.90 bits per heavy atom. The molecular formula is C16H23NO3S. The summed E-state index contributed by atoms with van der Waals surface area (Å²) in [6.07, 6.45) is 1.99. The number of methoxy groups -OCH3 is 1. The quantitative estimate of drug-likeness (QED) is 0.822. The number of hydrogen-bond donors (Lipinski definition) is 2. The predicted molar refractivity (Wildman–Crippen MR) is 88.2 cm³/mol. The average molecular weight is 309 g/mol. The molecule has 2 unspecified atom stereocenters. The molecule has 21 heavy (non-hydrogen) atoms. The van der Waals surface area contributed by atoms with Crippen LogP contribution in [0.4, 0.5) is 0 Å². The van der Waals surface area contributed by atoms with Gasteiger partial charge in [0, 0.05) is 17.7 Å². The van der Waals surface area contributed by atoms with E-state index in [2.05, 4.69) is 5.32 Å². The van der Waals surface area contributed by atoms with E-state index < -0.39 is 5.60 Å². The highest BCUT2D eigenvalue weighted by molar-refractivity contribution is 7.98. The molecule has 2 N–H and O–H groups in total. The second-order valence-corrected chi connectivity index (χ2v) is 6.43. The molecule has 0 amide bonds. The Morgan fingerprint density at radius 2 is 2.24 bits per heavy atom. The van der Waals surface area contributed by atoms with Gasteiger partial charge in [0.15, 0.2) is 11.3 Å². The van der Waals surface area contributed by atoms with Gasteiger partial charge >= 0.3 is 0 Å². The lowest BCUT2D eigenvalue weighted by atomic mass is 10.1. The molecule has 1 aromatic heterocycles. The molecule has 2 aromatic rings. The molecule has 4 nitrogen and oxygen atoms in total. The SMILES string of the molecule is COc1cccc2cc(C(C)NCC(C)(O)CSC)oc12. The highest BCUT2D eigenvalue weighted by Crippen LogP contribution is 2.30. The molecule has 1 aromatic carbocycles. The fraction of sp³-hybridized carbons (Fsp3) is 0.500. The van der Waals surface area contributed by atoms with Crippen LogP contribution in [0.5, 0.6) is 5.75 Å². The maximum atomic E-state index is 10.2. The van der Waals surface area contributed by atoms with Gasteiger partial charge in [-0.25, -0.2) is 0 Å². The van der Waals surface area contributed by atoms with Gasteiger partial charge in [-0.3, -0.25) is 0 Å². The fourth-order valence-corrected chi connectivity index (χ4v) is 2.99. The second-order valence-electron chi connectivity index (χ2n) is 5.56. The first kappa shape index (κ1) is 16.2. The third-order valence-electron chi connectivity index (χ3n) is 3.42. The molecule has 2 atom stereocenters. The van der Waals surface area contributed by atoms with Gasteiger partial charge in [0.25, 0.3) is 0 Å². The minimum atomic E-state index is -0.725. The Balaban J connectivity index is 2.11. The van der Waals surface area contributed by atoms with Crippen molar-refractivity contribution >= 4 is 22.7 Å². The fourth-order valence-electron chi connectivity index (χ4n) is 2.27. The van der Waals surface area contributed by atoms with Gasteiger partial charge in [0.1, 0.15) is 5.76 Å². The number of hydrogen-bond acceptors (Lipinski definition) is 5. The lowest BCUT2D eigenvalue weighted by Gasteiger charge is -2.24. The maximum Gasteiger partial charge on any atom is 0.176 e. The van der Waals surface area contributed by atoms with Gasteiger partial charge in [-0.1, -0.05) is 12.1 Å². The van der Waals surface area contributed by atoms with Gasteiger partial charge in [-0.15, -0.1) is 0 Å². The topological polar surface area (TPSA) is 54.6 Å². The summed E-state index contributed by atoms with van der Waals surface area (Å²) in [6.45, 7) is 4.38. The van der Waals surface area contributed by atoms with E-state index in [0.717, 1.165) is 22.5 Å². The van der Waals surface area contributed by atoms with Crippen molar-refractivity contribution in [1.29, 1.82) is 0 Å². The van der Waals surface area contributed by atoms with Crippen LogP contribution < -0.4 is 10.1 Å². The monoisotopic (exact) mass is 309 g/mol. The number of benzene rings is 1. The maximum absolute atomic E-state index is 10.2. The number of fused-ring (bicyclic) bond motifs is 1. The van der Waals surface area contributed by atoms with Crippen LogP contribution in [0.2, 0.25) is 0 Å². The van der Waals surface area contributed by atoms with Gasteiger partial charge in [-0.2, -0.15) is 11.8 Å². The Bertz CT molecular complexity index is 594. The van der Waals surface area contributed by atoms with Gasteiger partial charge in [0.05, 0.1) is 18.8 Å². The van der Waals surface area contributed by atoms with E-state index in [4.69, 9.17) is 9.15 Å². The first-order valence-corrected chi connectivity index (χ1v) is 8.37. The summed E-state index contributed by atoms with van der Waals surface area (Å²) in [7, 11) is 1.64. The van der Waals surface area contributed by atoms with Crippen LogP contribution in [-0.4, -0.2) is 36.4 Å². The van der Waals surface area contributed by atoms with E-state index in [9.17, 15) is 5.11 Å². The number of nitrogens with one attached hydrogen (secondary N) is 1. The molecule has 5 heteroatoms. The van der Waals surface area contributed by atoms with Crippen molar-refractivity contribution in [3.05, 3.63) is 30.0 Å². The highest BCUT2D eigenvalue weighted by atomic mass is 32.2. The van der Waals surface area contributed by atoms with Crippen LogP contribution in [0.1, 0.15) is 25.6 Å². The molecule has 0 fully saturated rings. The Labute approximate surface area is 129 Å². The van der Waals surface area contributed by atoms with Crippen molar-refractivity contribution in [2.45, 2.75) is 25.5 Å². The minimum Gasteiger partial charge on any atom is -0.493 e. The van der Waals surface area contributed by atoms with E-state index >= 15 is 0 Å². The van der Waals surface area contributed by atoms with E-state index in [1.807, 2.05) is 44.4 Å². The molecule has 0 saturated heterocycles. The predicted octanol–water partition coefficient (Wildman–Crippen LogP) is 3.21. The summed E-state index contributed by atoms with van der Waals surface area (Å²) in [4.78, 5) is 0. The van der Waals surface area contributed by atoms with Crippen molar-refractivity contribution in [3.8, 4) is 5.75 Å². The van der Waals surface area contributed by atoms with Crippen LogP contribution in [-0.2, 0) is 0 Å². The summed E-state index contributed by atoms with van der Waals surface area (Å²) in [5, 5.41) is 14.5. The third kappa shape index (κ3) is 3.93. The number of rotatable bonds is 7. The highest BCUT2D eigenvalue weighted by Gasteiger charge is 2.21. The zero-order valence-corrected chi connectivity index (χ0v) is 13.8. The average Bonchev–Trinajstić information content (AvgIpc) is 2.88. The molecule has 116 valence electrons. The Kier molecular flexibility index (Phi) is 5.19. The molecule has 0 aliphatic carbocycles. The molecule has 0 radical (unpaired) electrons. The lowest BCUT2D eigenvalue weighted by molar-refractivity contribution is 0.0813. The number of thioether (sulfide) groups is 1. The summed E-state index contributed by atoms with van der Waals surface area (Å²) in [5.41, 5.74) is 0.0386. The number of furan rings is 1. The lowest BCUT2D eigenvalue weighted by Crippen LogP contribution is -2.40. The van der Waals surface area contributed by atoms with E-state index in [1.54, 1.807) is 18.9 Å². The number of ether oxygens (including phenoxy) is 1. The van der Waals surface area contributed by atoms with Crippen molar-refractivity contribution in [1.82, 2.24) is 5.32 Å². The first-order valence-electron chi connectivity index (χ1n) is 6.98. The van der Waals surface area contributed by atoms with Crippen molar-refractivity contribution in [2.75, 3.05) is 25.7 Å². The normalized spacial score (nSPS) is 15.9. The van der Waals surface area contributed by atoms with Crippen LogP contribution in [0.3, 0.4) is 0 Å². The van der Waals surface area contributed by atoms with Crippen LogP contribution in [0, 0.1) is 0 Å². The molecular weight excluding hydrogens is 286 g/mol. The van der Waals surface area contributed by atoms with Crippen LogP contribution in [0.15, 0.2) is 28.7 Å². The van der Waals surface area contributed by atoms with Gasteiger partial charge in [-0.05, 0) is 32.2 Å². The number of para-hydroxylation sites is 1. The standard InChI is InChI=1S/C16H23NO3S/c1-11(17-9-16(2,18)10-21-4)14-8-12-6-5-7-13(19-3)15(12)20-14/h5-8,11,17-18H,9-10H2,1-4H3. The molecule has 1 heterocycles. The van der Waals surface area contributed by atoms with Gasteiger partial charge in [0.2, 0.25) is 0 Å². The summed E-state index contributed by atoms with van der Waals surface area (Å²) < 4.78 is 11.2. The van der Waals surface area contributed by atoms with Crippen LogP contribution in [0.25, 0.3) is 11.0 Å². The molecule has 0 aliphatic heterocycles. The molecule has 0 saturated carbocycles. The molecule has 0 spiro atoms. The van der Waals surface area contributed by atoms with E-state index in [0.29, 0.717) is 12.3 Å². The molecule has 0 aliphatic rings. The second kappa shape index (κ2) is 6.73. The first-order chi connectivity index (χ1) is 9.96. The van der Waals surface area contributed by atoms with E-state index in [1.165, 1.54) is 0 Å². The van der Waals surface area contributed by atoms with E-state index in [-0.39, 0.29) is 6.04 Å². The third-order valence-corrected chi connectivity index (χ3v) is 4.33. The van der Waals surface area contributed by atoms with Crippen molar-refractivity contribution in [3.63, 3.8) is 0 Å². The van der Waals surface area contributed by atoms with Crippen LogP contribution >= 0.6 is 11.8 Å². The zero-order valence-electron chi connectivity index (χ0n) is 13.0. The van der Waals surface area contributed by atoms with Gasteiger partial charge < -0.3 is 19.6 Å². The Hall–Kier alpha value is -1.17. The Morgan fingerprint density at radius 1 is 1.48 bits per heavy atom. The summed E-state index contributed by atoms with van der Waals surface area (Å²) in [5.74, 6) is 2.27. The summed E-state index contributed by atoms with van der Waals surface area (Å²) in [6, 6.07) is 7.87.